The van der Waals surface area contributed by atoms with Crippen LogP contribution < -0.4 is 4.74 Å². The molecular formula is C21H21BrO4. The molecule has 0 saturated carbocycles. The number of ketones is 2. The summed E-state index contributed by atoms with van der Waals surface area (Å²) >= 11 is 3.56. The standard InChI is InChI=1S/C21H21BrO4/c1-2-25-16-10-9-12(11-13(16)22)19-20-14(23)5-3-7-17(20)26-18-8-4-6-15(24)21(18)19/h9-11,19H,2-8H2,1H3. The number of hydrogen-bond acceptors (Lipinski definition) is 4. The van der Waals surface area contributed by atoms with Crippen molar-refractivity contribution >= 4 is 27.5 Å². The lowest BCUT2D eigenvalue weighted by molar-refractivity contribution is -0.117. The second kappa shape index (κ2) is 7.03. The molecule has 3 aliphatic rings. The van der Waals surface area contributed by atoms with E-state index in [0.717, 1.165) is 53.0 Å². The lowest BCUT2D eigenvalue weighted by Crippen LogP contribution is -2.30. The summed E-state index contributed by atoms with van der Waals surface area (Å²) < 4.78 is 12.5. The molecule has 1 aromatic carbocycles. The van der Waals surface area contributed by atoms with E-state index in [2.05, 4.69) is 15.9 Å². The third-order valence-corrected chi connectivity index (χ3v) is 5.85. The molecule has 0 atom stereocenters. The summed E-state index contributed by atoms with van der Waals surface area (Å²) in [7, 11) is 0. The summed E-state index contributed by atoms with van der Waals surface area (Å²) in [6.45, 7) is 2.52. The minimum Gasteiger partial charge on any atom is -0.493 e. The highest BCUT2D eigenvalue weighted by molar-refractivity contribution is 9.10. The largest absolute Gasteiger partial charge is 0.493 e. The Balaban J connectivity index is 1.86. The molecule has 0 saturated heterocycles. The summed E-state index contributed by atoms with van der Waals surface area (Å²) in [5.41, 5.74) is 2.30. The molecule has 0 radical (unpaired) electrons. The molecule has 4 rings (SSSR count). The second-order valence-electron chi connectivity index (χ2n) is 6.89. The molecule has 0 N–H and O–H groups in total. The van der Waals surface area contributed by atoms with Gasteiger partial charge in [0.2, 0.25) is 0 Å². The molecular weight excluding hydrogens is 396 g/mol. The van der Waals surface area contributed by atoms with E-state index in [1.807, 2.05) is 25.1 Å². The van der Waals surface area contributed by atoms with Crippen molar-refractivity contribution in [1.82, 2.24) is 0 Å². The Morgan fingerprint density at radius 1 is 1.04 bits per heavy atom. The van der Waals surface area contributed by atoms with Gasteiger partial charge in [-0.2, -0.15) is 0 Å². The molecule has 0 spiro atoms. The fourth-order valence-electron chi connectivity index (χ4n) is 4.12. The maximum absolute atomic E-state index is 12.7. The van der Waals surface area contributed by atoms with Gasteiger partial charge in [-0.3, -0.25) is 9.59 Å². The fourth-order valence-corrected chi connectivity index (χ4v) is 4.63. The Hall–Kier alpha value is -1.88. The Morgan fingerprint density at radius 3 is 2.19 bits per heavy atom. The van der Waals surface area contributed by atoms with E-state index in [9.17, 15) is 9.59 Å². The monoisotopic (exact) mass is 416 g/mol. The van der Waals surface area contributed by atoms with Crippen LogP contribution in [-0.2, 0) is 14.3 Å². The minimum atomic E-state index is -0.318. The van der Waals surface area contributed by atoms with E-state index in [4.69, 9.17) is 9.47 Å². The van der Waals surface area contributed by atoms with Crippen LogP contribution in [0.1, 0.15) is 56.9 Å². The number of hydrogen-bond donors (Lipinski definition) is 0. The summed E-state index contributed by atoms with van der Waals surface area (Å²) in [5.74, 6) is 2.18. The summed E-state index contributed by atoms with van der Waals surface area (Å²) in [6.07, 6.45) is 4.20. The molecule has 0 fully saturated rings. The molecule has 26 heavy (non-hydrogen) atoms. The Morgan fingerprint density at radius 2 is 1.65 bits per heavy atom. The van der Waals surface area contributed by atoms with E-state index in [1.54, 1.807) is 0 Å². The summed E-state index contributed by atoms with van der Waals surface area (Å²) in [4.78, 5) is 25.5. The molecule has 0 amide bonds. The molecule has 1 heterocycles. The number of Topliss-reactive ketones (excluding diaryl/α,β-unsaturated/α-hetero) is 2. The normalized spacial score (nSPS) is 20.7. The average molecular weight is 417 g/mol. The molecule has 0 unspecified atom stereocenters. The Labute approximate surface area is 161 Å². The number of carbonyl (C=O) groups excluding carboxylic acids is 2. The van der Waals surface area contributed by atoms with Crippen LogP contribution in [-0.4, -0.2) is 18.2 Å². The van der Waals surface area contributed by atoms with Gasteiger partial charge in [0.1, 0.15) is 17.3 Å². The third kappa shape index (κ3) is 2.92. The van der Waals surface area contributed by atoms with Crippen LogP contribution >= 0.6 is 15.9 Å². The van der Waals surface area contributed by atoms with Crippen molar-refractivity contribution in [2.45, 2.75) is 51.4 Å². The van der Waals surface area contributed by atoms with Crippen LogP contribution in [0.25, 0.3) is 0 Å². The van der Waals surface area contributed by atoms with E-state index in [-0.39, 0.29) is 17.5 Å². The summed E-state index contributed by atoms with van der Waals surface area (Å²) in [6, 6.07) is 5.84. The lowest BCUT2D eigenvalue weighted by Gasteiger charge is -2.36. The van der Waals surface area contributed by atoms with Crippen molar-refractivity contribution in [3.8, 4) is 5.75 Å². The lowest BCUT2D eigenvalue weighted by atomic mass is 9.73. The molecule has 2 aliphatic carbocycles. The highest BCUT2D eigenvalue weighted by atomic mass is 79.9. The number of carbonyl (C=O) groups is 2. The number of allylic oxidation sites excluding steroid dienone is 4. The van der Waals surface area contributed by atoms with Crippen LogP contribution in [0, 0.1) is 0 Å². The van der Waals surface area contributed by atoms with E-state index < -0.39 is 0 Å². The van der Waals surface area contributed by atoms with Gasteiger partial charge in [-0.25, -0.2) is 0 Å². The smallest absolute Gasteiger partial charge is 0.163 e. The Kier molecular flexibility index (Phi) is 4.74. The van der Waals surface area contributed by atoms with Crippen LogP contribution in [0.5, 0.6) is 5.75 Å². The molecule has 5 heteroatoms. The zero-order valence-corrected chi connectivity index (χ0v) is 16.4. The minimum absolute atomic E-state index is 0.103. The van der Waals surface area contributed by atoms with Crippen molar-refractivity contribution in [1.29, 1.82) is 0 Å². The van der Waals surface area contributed by atoms with E-state index in [1.165, 1.54) is 0 Å². The van der Waals surface area contributed by atoms with Crippen molar-refractivity contribution in [3.63, 3.8) is 0 Å². The number of ether oxygens (including phenoxy) is 2. The quantitative estimate of drug-likeness (QED) is 0.697. The van der Waals surface area contributed by atoms with Gasteiger partial charge in [0.25, 0.3) is 0 Å². The van der Waals surface area contributed by atoms with Crippen molar-refractivity contribution in [3.05, 3.63) is 50.9 Å². The van der Waals surface area contributed by atoms with Crippen LogP contribution in [0.2, 0.25) is 0 Å². The SMILES string of the molecule is CCOc1ccc(C2C3=C(CCCC3=O)OC3=C2C(=O)CCC3)cc1Br. The first-order valence-corrected chi connectivity index (χ1v) is 10.0. The fraction of sp³-hybridized carbons (Fsp3) is 0.429. The molecule has 1 aromatic rings. The van der Waals surface area contributed by atoms with Gasteiger partial charge in [-0.05, 0) is 53.4 Å². The van der Waals surface area contributed by atoms with Crippen LogP contribution in [0.15, 0.2) is 45.3 Å². The molecule has 0 bridgehead atoms. The van der Waals surface area contributed by atoms with Gasteiger partial charge < -0.3 is 9.47 Å². The zero-order valence-electron chi connectivity index (χ0n) is 14.8. The Bertz CT molecular complexity index is 808. The molecule has 136 valence electrons. The van der Waals surface area contributed by atoms with Crippen molar-refractivity contribution in [2.75, 3.05) is 6.61 Å². The predicted molar refractivity (Wildman–Crippen MR) is 101 cm³/mol. The maximum Gasteiger partial charge on any atom is 0.163 e. The average Bonchev–Trinajstić information content (AvgIpc) is 2.62. The van der Waals surface area contributed by atoms with Crippen molar-refractivity contribution in [2.24, 2.45) is 0 Å². The first-order chi connectivity index (χ1) is 12.6. The van der Waals surface area contributed by atoms with Gasteiger partial charge in [-0.15, -0.1) is 0 Å². The highest BCUT2D eigenvalue weighted by Crippen LogP contribution is 2.48. The van der Waals surface area contributed by atoms with Gasteiger partial charge in [0, 0.05) is 42.7 Å². The van der Waals surface area contributed by atoms with Gasteiger partial charge in [-0.1, -0.05) is 6.07 Å². The van der Waals surface area contributed by atoms with Crippen LogP contribution in [0.3, 0.4) is 0 Å². The molecule has 4 nitrogen and oxygen atoms in total. The molecule has 0 aromatic heterocycles. The summed E-state index contributed by atoms with van der Waals surface area (Å²) in [5, 5.41) is 0. The van der Waals surface area contributed by atoms with E-state index in [0.29, 0.717) is 30.6 Å². The topological polar surface area (TPSA) is 52.6 Å². The highest BCUT2D eigenvalue weighted by Gasteiger charge is 2.41. The number of halogens is 1. The third-order valence-electron chi connectivity index (χ3n) is 5.23. The predicted octanol–water partition coefficient (Wildman–Crippen LogP) is 4.98. The number of rotatable bonds is 3. The number of benzene rings is 1. The van der Waals surface area contributed by atoms with E-state index >= 15 is 0 Å². The first kappa shape index (κ1) is 17.5. The van der Waals surface area contributed by atoms with Gasteiger partial charge >= 0.3 is 0 Å². The molecule has 1 aliphatic heterocycles. The van der Waals surface area contributed by atoms with Gasteiger partial charge in [0.05, 0.1) is 11.1 Å². The van der Waals surface area contributed by atoms with Crippen LogP contribution in [0.4, 0.5) is 0 Å². The first-order valence-electron chi connectivity index (χ1n) is 9.22. The van der Waals surface area contributed by atoms with Crippen molar-refractivity contribution < 1.29 is 19.1 Å². The zero-order chi connectivity index (χ0) is 18.3. The maximum atomic E-state index is 12.7. The second-order valence-corrected chi connectivity index (χ2v) is 7.74. The van der Waals surface area contributed by atoms with Gasteiger partial charge in [0.15, 0.2) is 11.6 Å².